The van der Waals surface area contributed by atoms with E-state index in [0.717, 1.165) is 18.2 Å². The molecular formula is C19H19F2N3O4. The van der Waals surface area contributed by atoms with Gasteiger partial charge in [0, 0.05) is 18.3 Å². The minimum absolute atomic E-state index is 0.00956. The van der Waals surface area contributed by atoms with Crippen LogP contribution in [-0.2, 0) is 14.3 Å². The number of rotatable bonds is 7. The van der Waals surface area contributed by atoms with Crippen molar-refractivity contribution in [3.8, 4) is 0 Å². The second kappa shape index (κ2) is 10.0. The third kappa shape index (κ3) is 6.67. The van der Waals surface area contributed by atoms with Crippen LogP contribution in [0.3, 0.4) is 0 Å². The normalized spacial score (nSPS) is 11.2. The fourth-order valence-corrected chi connectivity index (χ4v) is 2.11. The zero-order chi connectivity index (χ0) is 20.5. The summed E-state index contributed by atoms with van der Waals surface area (Å²) in [4.78, 5) is 35.4. The summed E-state index contributed by atoms with van der Waals surface area (Å²) >= 11 is 0. The predicted octanol–water partition coefficient (Wildman–Crippen LogP) is 3.05. The number of ether oxygens (including phenoxy) is 1. The van der Waals surface area contributed by atoms with Crippen LogP contribution in [0.2, 0.25) is 0 Å². The van der Waals surface area contributed by atoms with Crippen molar-refractivity contribution in [1.82, 2.24) is 5.32 Å². The summed E-state index contributed by atoms with van der Waals surface area (Å²) in [6, 6.07) is 10.8. The van der Waals surface area contributed by atoms with Crippen molar-refractivity contribution >= 4 is 29.3 Å². The number of esters is 1. The molecule has 0 aliphatic heterocycles. The van der Waals surface area contributed by atoms with Gasteiger partial charge in [0.05, 0.1) is 12.1 Å². The lowest BCUT2D eigenvalue weighted by Gasteiger charge is -2.14. The molecule has 9 heteroatoms. The summed E-state index contributed by atoms with van der Waals surface area (Å²) in [6.07, 6.45) is -1.40. The zero-order valence-electron chi connectivity index (χ0n) is 15.0. The Labute approximate surface area is 160 Å². The molecule has 0 heterocycles. The molecule has 0 aliphatic carbocycles. The van der Waals surface area contributed by atoms with Gasteiger partial charge in [-0.2, -0.15) is 0 Å². The Morgan fingerprint density at radius 1 is 1.04 bits per heavy atom. The standard InChI is InChI=1S/C19H19F2N3O4/c1-12(18(26)24-16-11-13(20)7-8-15(16)21)28-17(25)9-10-22-19(27)23-14-5-3-2-4-6-14/h2-8,11-12H,9-10H2,1H3,(H,24,26)(H2,22,23,27)/t12-/m0/s1. The van der Waals surface area contributed by atoms with Crippen molar-refractivity contribution in [3.63, 3.8) is 0 Å². The van der Waals surface area contributed by atoms with Gasteiger partial charge in [-0.3, -0.25) is 9.59 Å². The lowest BCUT2D eigenvalue weighted by molar-refractivity contribution is -0.153. The van der Waals surface area contributed by atoms with Gasteiger partial charge in [-0.1, -0.05) is 18.2 Å². The van der Waals surface area contributed by atoms with Gasteiger partial charge in [0.2, 0.25) is 0 Å². The van der Waals surface area contributed by atoms with Crippen LogP contribution < -0.4 is 16.0 Å². The highest BCUT2D eigenvalue weighted by atomic mass is 19.1. The Bertz CT molecular complexity index is 846. The van der Waals surface area contributed by atoms with Gasteiger partial charge in [0.1, 0.15) is 11.6 Å². The van der Waals surface area contributed by atoms with E-state index < -0.39 is 35.6 Å². The molecule has 3 N–H and O–H groups in total. The Morgan fingerprint density at radius 3 is 2.46 bits per heavy atom. The first-order chi connectivity index (χ1) is 13.3. The van der Waals surface area contributed by atoms with Gasteiger partial charge in [0.25, 0.3) is 5.91 Å². The van der Waals surface area contributed by atoms with Gasteiger partial charge >= 0.3 is 12.0 Å². The second-order valence-corrected chi connectivity index (χ2v) is 5.74. The number of anilines is 2. The van der Waals surface area contributed by atoms with E-state index in [4.69, 9.17) is 4.74 Å². The molecule has 0 saturated heterocycles. The molecule has 2 aromatic rings. The minimum Gasteiger partial charge on any atom is -0.452 e. The van der Waals surface area contributed by atoms with Gasteiger partial charge in [-0.15, -0.1) is 0 Å². The third-order valence-corrected chi connectivity index (χ3v) is 3.51. The van der Waals surface area contributed by atoms with Gasteiger partial charge in [-0.25, -0.2) is 13.6 Å². The molecule has 2 aromatic carbocycles. The molecule has 0 spiro atoms. The maximum absolute atomic E-state index is 13.5. The van der Waals surface area contributed by atoms with Crippen LogP contribution in [0.4, 0.5) is 25.0 Å². The smallest absolute Gasteiger partial charge is 0.319 e. The van der Waals surface area contributed by atoms with Crippen LogP contribution in [0.25, 0.3) is 0 Å². The average molecular weight is 391 g/mol. The van der Waals surface area contributed by atoms with E-state index in [1.807, 2.05) is 0 Å². The van der Waals surface area contributed by atoms with Crippen molar-refractivity contribution in [2.24, 2.45) is 0 Å². The van der Waals surface area contributed by atoms with Crippen molar-refractivity contribution in [2.45, 2.75) is 19.4 Å². The zero-order valence-corrected chi connectivity index (χ0v) is 15.0. The molecule has 0 saturated carbocycles. The molecule has 1 atom stereocenters. The molecule has 28 heavy (non-hydrogen) atoms. The van der Waals surface area contributed by atoms with Crippen LogP contribution >= 0.6 is 0 Å². The van der Waals surface area contributed by atoms with Gasteiger partial charge < -0.3 is 20.7 Å². The second-order valence-electron chi connectivity index (χ2n) is 5.74. The number of carbonyl (C=O) groups is 3. The highest BCUT2D eigenvalue weighted by molar-refractivity contribution is 5.95. The minimum atomic E-state index is -1.23. The van der Waals surface area contributed by atoms with Gasteiger partial charge in [-0.05, 0) is 31.2 Å². The number of urea groups is 1. The molecule has 0 aromatic heterocycles. The number of amides is 3. The van der Waals surface area contributed by atoms with Crippen molar-refractivity contribution in [3.05, 3.63) is 60.2 Å². The molecule has 0 bridgehead atoms. The maximum atomic E-state index is 13.5. The number of benzene rings is 2. The third-order valence-electron chi connectivity index (χ3n) is 3.51. The summed E-state index contributed by atoms with van der Waals surface area (Å²) in [5.41, 5.74) is 0.240. The van der Waals surface area contributed by atoms with E-state index in [0.29, 0.717) is 5.69 Å². The molecule has 0 radical (unpaired) electrons. The van der Waals surface area contributed by atoms with Crippen molar-refractivity contribution in [2.75, 3.05) is 17.2 Å². The highest BCUT2D eigenvalue weighted by Crippen LogP contribution is 2.15. The number of hydrogen-bond donors (Lipinski definition) is 3. The number of halogens is 2. The first-order valence-electron chi connectivity index (χ1n) is 8.40. The molecule has 148 valence electrons. The van der Waals surface area contributed by atoms with E-state index in [9.17, 15) is 23.2 Å². The van der Waals surface area contributed by atoms with Crippen LogP contribution in [-0.4, -0.2) is 30.6 Å². The van der Waals surface area contributed by atoms with Crippen molar-refractivity contribution in [1.29, 1.82) is 0 Å². The summed E-state index contributed by atoms with van der Waals surface area (Å²) < 4.78 is 31.5. The number of carbonyl (C=O) groups excluding carboxylic acids is 3. The van der Waals surface area contributed by atoms with E-state index in [-0.39, 0.29) is 18.7 Å². The van der Waals surface area contributed by atoms with Crippen LogP contribution in [0.15, 0.2) is 48.5 Å². The summed E-state index contributed by atoms with van der Waals surface area (Å²) in [5, 5.41) is 7.20. The molecule has 7 nitrogen and oxygen atoms in total. The highest BCUT2D eigenvalue weighted by Gasteiger charge is 2.19. The van der Waals surface area contributed by atoms with Crippen LogP contribution in [0.5, 0.6) is 0 Å². The van der Waals surface area contributed by atoms with Gasteiger partial charge in [0.15, 0.2) is 6.10 Å². The lowest BCUT2D eigenvalue weighted by Crippen LogP contribution is -2.33. The molecular weight excluding hydrogens is 372 g/mol. The predicted molar refractivity (Wildman–Crippen MR) is 98.6 cm³/mol. The molecule has 0 unspecified atom stereocenters. The SMILES string of the molecule is C[C@H](OC(=O)CCNC(=O)Nc1ccccc1)C(=O)Nc1cc(F)ccc1F. The molecule has 0 aliphatic rings. The average Bonchev–Trinajstić information content (AvgIpc) is 2.65. The molecule has 0 fully saturated rings. The Kier molecular flexibility index (Phi) is 7.44. The quantitative estimate of drug-likeness (QED) is 0.632. The fourth-order valence-electron chi connectivity index (χ4n) is 2.11. The van der Waals surface area contributed by atoms with Crippen LogP contribution in [0, 0.1) is 11.6 Å². The Morgan fingerprint density at radius 2 is 1.75 bits per heavy atom. The molecule has 2 rings (SSSR count). The van der Waals surface area contributed by atoms with E-state index in [1.165, 1.54) is 6.92 Å². The largest absolute Gasteiger partial charge is 0.452 e. The fraction of sp³-hybridized carbons (Fsp3) is 0.211. The first kappa shape index (κ1) is 20.8. The Balaban J connectivity index is 1.72. The monoisotopic (exact) mass is 391 g/mol. The summed E-state index contributed by atoms with van der Waals surface area (Å²) in [6.45, 7) is 1.28. The van der Waals surface area contributed by atoms with Crippen molar-refractivity contribution < 1.29 is 27.9 Å². The number of nitrogens with one attached hydrogen (secondary N) is 3. The topological polar surface area (TPSA) is 96.5 Å². The first-order valence-corrected chi connectivity index (χ1v) is 8.40. The number of para-hydroxylation sites is 1. The maximum Gasteiger partial charge on any atom is 0.319 e. The molecule has 3 amide bonds. The van der Waals surface area contributed by atoms with E-state index in [2.05, 4.69) is 16.0 Å². The summed E-state index contributed by atoms with van der Waals surface area (Å²) in [5.74, 6) is -3.09. The Hall–Kier alpha value is -3.49. The van der Waals surface area contributed by atoms with E-state index in [1.54, 1.807) is 30.3 Å². The van der Waals surface area contributed by atoms with Crippen LogP contribution in [0.1, 0.15) is 13.3 Å². The van der Waals surface area contributed by atoms with E-state index >= 15 is 0 Å². The lowest BCUT2D eigenvalue weighted by atomic mass is 10.2. The number of hydrogen-bond acceptors (Lipinski definition) is 4. The summed E-state index contributed by atoms with van der Waals surface area (Å²) in [7, 11) is 0.